The average molecular weight is 261 g/mol. The minimum absolute atomic E-state index is 0.0489. The van der Waals surface area contributed by atoms with E-state index in [1.165, 1.54) is 12.1 Å². The summed E-state index contributed by atoms with van der Waals surface area (Å²) < 4.78 is 52.1. The predicted molar refractivity (Wildman–Crippen MR) is 56.7 cm³/mol. The molecule has 0 radical (unpaired) electrons. The highest BCUT2D eigenvalue weighted by atomic mass is 35.5. The van der Waals surface area contributed by atoms with E-state index in [9.17, 15) is 17.6 Å². The lowest BCUT2D eigenvalue weighted by Gasteiger charge is -2.05. The molecule has 0 aliphatic carbocycles. The van der Waals surface area contributed by atoms with Crippen LogP contribution in [-0.2, 0) is 0 Å². The molecule has 0 amide bonds. The minimum atomic E-state index is -1.58. The lowest BCUT2D eigenvalue weighted by atomic mass is 10.0. The predicted octanol–water partition coefficient (Wildman–Crippen LogP) is 4.56. The second kappa shape index (κ2) is 4.37. The minimum Gasteiger partial charge on any atom is -0.206 e. The van der Waals surface area contributed by atoms with Crippen LogP contribution in [0.5, 0.6) is 0 Å². The Hall–Kier alpha value is -1.55. The van der Waals surface area contributed by atoms with E-state index in [0.29, 0.717) is 0 Å². The summed E-state index contributed by atoms with van der Waals surface area (Å²) in [5, 5.41) is 0.161. The Morgan fingerprint density at radius 3 is 1.88 bits per heavy atom. The van der Waals surface area contributed by atoms with E-state index in [2.05, 4.69) is 0 Å². The van der Waals surface area contributed by atoms with Crippen LogP contribution in [0.15, 0.2) is 30.3 Å². The van der Waals surface area contributed by atoms with Crippen molar-refractivity contribution in [1.82, 2.24) is 0 Å². The molecule has 0 nitrogen and oxygen atoms in total. The van der Waals surface area contributed by atoms with Crippen molar-refractivity contribution < 1.29 is 17.6 Å². The van der Waals surface area contributed by atoms with Crippen molar-refractivity contribution in [1.29, 1.82) is 0 Å². The van der Waals surface area contributed by atoms with Crippen LogP contribution in [0.3, 0.4) is 0 Å². The second-order valence-corrected chi connectivity index (χ2v) is 3.81. The van der Waals surface area contributed by atoms with E-state index >= 15 is 0 Å². The first-order chi connectivity index (χ1) is 7.99. The summed E-state index contributed by atoms with van der Waals surface area (Å²) in [7, 11) is 0. The fourth-order valence-electron chi connectivity index (χ4n) is 1.43. The van der Waals surface area contributed by atoms with Crippen LogP contribution < -0.4 is 0 Å². The Labute approximate surface area is 99.5 Å². The van der Waals surface area contributed by atoms with Crippen LogP contribution in [0, 0.1) is 23.3 Å². The third kappa shape index (κ3) is 2.26. The van der Waals surface area contributed by atoms with Gasteiger partial charge in [-0.2, -0.15) is 0 Å². The lowest BCUT2D eigenvalue weighted by Crippen LogP contribution is -1.93. The summed E-state index contributed by atoms with van der Waals surface area (Å²) in [6.45, 7) is 0. The molecular formula is C12H5ClF4. The summed E-state index contributed by atoms with van der Waals surface area (Å²) in [6, 6.07) is 5.11. The van der Waals surface area contributed by atoms with Crippen LogP contribution >= 0.6 is 11.6 Å². The van der Waals surface area contributed by atoms with Crippen LogP contribution in [0.1, 0.15) is 0 Å². The Balaban J connectivity index is 2.61. The van der Waals surface area contributed by atoms with Crippen molar-refractivity contribution in [2.45, 2.75) is 0 Å². The van der Waals surface area contributed by atoms with E-state index < -0.39 is 23.3 Å². The molecule has 2 rings (SSSR count). The molecule has 5 heteroatoms. The molecule has 0 aliphatic rings. The van der Waals surface area contributed by atoms with E-state index in [0.717, 1.165) is 18.2 Å². The average Bonchev–Trinajstić information content (AvgIpc) is 2.25. The first-order valence-electron chi connectivity index (χ1n) is 4.59. The molecule has 17 heavy (non-hydrogen) atoms. The molecule has 0 N–H and O–H groups in total. The standard InChI is InChI=1S/C12H5ClF4/c13-7-1-2-8(9(14)5-7)6-3-10(15)12(17)11(16)4-6/h1-5H. The van der Waals surface area contributed by atoms with Crippen LogP contribution in [0.4, 0.5) is 17.6 Å². The van der Waals surface area contributed by atoms with E-state index in [1.807, 2.05) is 0 Å². The Morgan fingerprint density at radius 1 is 0.765 bits per heavy atom. The zero-order valence-corrected chi connectivity index (χ0v) is 9.03. The summed E-state index contributed by atoms with van der Waals surface area (Å²) in [5.74, 6) is -5.05. The molecule has 0 unspecified atom stereocenters. The zero-order valence-electron chi connectivity index (χ0n) is 8.28. The Kier molecular flexibility index (Phi) is 3.07. The van der Waals surface area contributed by atoms with Gasteiger partial charge in [0.05, 0.1) is 0 Å². The maximum atomic E-state index is 13.5. The molecule has 0 atom stereocenters. The molecule has 88 valence electrons. The lowest BCUT2D eigenvalue weighted by molar-refractivity contribution is 0.447. The summed E-state index contributed by atoms with van der Waals surface area (Å²) in [6.07, 6.45) is 0. The zero-order chi connectivity index (χ0) is 12.6. The van der Waals surface area contributed by atoms with Crippen molar-refractivity contribution in [2.24, 2.45) is 0 Å². The van der Waals surface area contributed by atoms with Gasteiger partial charge in [-0.05, 0) is 35.9 Å². The van der Waals surface area contributed by atoms with E-state index in [4.69, 9.17) is 11.6 Å². The van der Waals surface area contributed by atoms with Gasteiger partial charge in [-0.1, -0.05) is 11.6 Å². The molecule has 2 aromatic carbocycles. The van der Waals surface area contributed by atoms with Gasteiger partial charge in [0, 0.05) is 10.6 Å². The van der Waals surface area contributed by atoms with Crippen LogP contribution in [-0.4, -0.2) is 0 Å². The number of halogens is 5. The van der Waals surface area contributed by atoms with Crippen molar-refractivity contribution in [2.75, 3.05) is 0 Å². The Bertz CT molecular complexity index is 558. The molecule has 0 bridgehead atoms. The fourth-order valence-corrected chi connectivity index (χ4v) is 1.59. The van der Waals surface area contributed by atoms with Crippen molar-refractivity contribution in [3.8, 4) is 11.1 Å². The van der Waals surface area contributed by atoms with Gasteiger partial charge in [0.25, 0.3) is 0 Å². The molecule has 0 saturated heterocycles. The Morgan fingerprint density at radius 2 is 1.35 bits per heavy atom. The van der Waals surface area contributed by atoms with E-state index in [1.54, 1.807) is 0 Å². The third-order valence-corrected chi connectivity index (χ3v) is 2.46. The molecule has 0 saturated carbocycles. The smallest absolute Gasteiger partial charge is 0.194 e. The highest BCUT2D eigenvalue weighted by molar-refractivity contribution is 6.30. The van der Waals surface area contributed by atoms with Crippen molar-refractivity contribution in [3.05, 3.63) is 58.6 Å². The molecule has 0 aliphatic heterocycles. The highest BCUT2D eigenvalue weighted by Gasteiger charge is 2.13. The van der Waals surface area contributed by atoms with Gasteiger partial charge in [-0.15, -0.1) is 0 Å². The molecular weight excluding hydrogens is 256 g/mol. The SMILES string of the molecule is Fc1cc(Cl)ccc1-c1cc(F)c(F)c(F)c1. The largest absolute Gasteiger partial charge is 0.206 e. The monoisotopic (exact) mass is 260 g/mol. The number of rotatable bonds is 1. The second-order valence-electron chi connectivity index (χ2n) is 3.38. The highest BCUT2D eigenvalue weighted by Crippen LogP contribution is 2.27. The first-order valence-corrected chi connectivity index (χ1v) is 4.97. The number of hydrogen-bond acceptors (Lipinski definition) is 0. The van der Waals surface area contributed by atoms with Gasteiger partial charge in [0.2, 0.25) is 0 Å². The molecule has 0 heterocycles. The summed E-state index contributed by atoms with van der Waals surface area (Å²) in [5.41, 5.74) is -0.136. The summed E-state index contributed by atoms with van der Waals surface area (Å²) >= 11 is 5.54. The van der Waals surface area contributed by atoms with Crippen molar-refractivity contribution >= 4 is 11.6 Å². The normalized spacial score (nSPS) is 10.6. The number of benzene rings is 2. The van der Waals surface area contributed by atoms with Gasteiger partial charge in [0.1, 0.15) is 5.82 Å². The molecule has 0 aromatic heterocycles. The van der Waals surface area contributed by atoms with Gasteiger partial charge in [-0.3, -0.25) is 0 Å². The van der Waals surface area contributed by atoms with Gasteiger partial charge >= 0.3 is 0 Å². The third-order valence-electron chi connectivity index (χ3n) is 2.23. The topological polar surface area (TPSA) is 0 Å². The molecule has 0 spiro atoms. The van der Waals surface area contributed by atoms with Crippen molar-refractivity contribution in [3.63, 3.8) is 0 Å². The molecule has 0 fully saturated rings. The maximum Gasteiger partial charge on any atom is 0.194 e. The van der Waals surface area contributed by atoms with E-state index in [-0.39, 0.29) is 16.1 Å². The van der Waals surface area contributed by atoms with Gasteiger partial charge in [0.15, 0.2) is 17.5 Å². The van der Waals surface area contributed by atoms with Gasteiger partial charge < -0.3 is 0 Å². The molecule has 2 aromatic rings. The quantitative estimate of drug-likeness (QED) is 0.521. The van der Waals surface area contributed by atoms with Crippen LogP contribution in [0.25, 0.3) is 11.1 Å². The summed E-state index contributed by atoms with van der Waals surface area (Å²) in [4.78, 5) is 0. The number of hydrogen-bond donors (Lipinski definition) is 0. The first kappa shape index (κ1) is 11.9. The van der Waals surface area contributed by atoms with Gasteiger partial charge in [-0.25, -0.2) is 17.6 Å². The maximum absolute atomic E-state index is 13.5. The fraction of sp³-hybridized carbons (Fsp3) is 0. The van der Waals surface area contributed by atoms with Crippen LogP contribution in [0.2, 0.25) is 5.02 Å².